The van der Waals surface area contributed by atoms with E-state index in [-0.39, 0.29) is 24.0 Å². The number of carbonyl (C=O) groups is 1. The summed E-state index contributed by atoms with van der Waals surface area (Å²) in [6.45, 7) is 8.83. The molecule has 10 heteroatoms. The highest BCUT2D eigenvalue weighted by atomic mass is 127. The van der Waals surface area contributed by atoms with Gasteiger partial charge >= 0.3 is 6.09 Å². The smallest absolute Gasteiger partial charge is 0.407 e. The number of alkyl carbamates (subject to hydrolysis) is 1. The summed E-state index contributed by atoms with van der Waals surface area (Å²) in [6, 6.07) is 0. The highest BCUT2D eigenvalue weighted by Gasteiger charge is 2.15. The van der Waals surface area contributed by atoms with Crippen molar-refractivity contribution in [1.29, 1.82) is 0 Å². The van der Waals surface area contributed by atoms with Gasteiger partial charge in [-0.05, 0) is 27.7 Å². The number of rotatable bonds is 5. The van der Waals surface area contributed by atoms with Crippen molar-refractivity contribution in [2.24, 2.45) is 12.0 Å². The topological polar surface area (TPSA) is 105 Å². The quantitative estimate of drug-likeness (QED) is 0.265. The number of aromatic nitrogens is 3. The van der Waals surface area contributed by atoms with Crippen molar-refractivity contribution in [2.75, 3.05) is 20.1 Å². The van der Waals surface area contributed by atoms with Gasteiger partial charge in [0.05, 0.1) is 6.54 Å². The molecular weight excluding hydrogens is 425 g/mol. The molecule has 1 aromatic heterocycles. The second-order valence-corrected chi connectivity index (χ2v) is 6.00. The highest BCUT2D eigenvalue weighted by Crippen LogP contribution is 2.05. The molecule has 0 aromatic carbocycles. The van der Waals surface area contributed by atoms with Gasteiger partial charge in [-0.2, -0.15) is 0 Å². The lowest BCUT2D eigenvalue weighted by Crippen LogP contribution is -2.42. The molecule has 0 aliphatic rings. The van der Waals surface area contributed by atoms with Gasteiger partial charge < -0.3 is 25.3 Å². The number of halogens is 1. The zero-order chi connectivity index (χ0) is 17.5. The summed E-state index contributed by atoms with van der Waals surface area (Å²) in [5.74, 6) is 2.29. The minimum atomic E-state index is -0.497. The van der Waals surface area contributed by atoms with Gasteiger partial charge in [0.15, 0.2) is 11.8 Å². The Bertz CT molecular complexity index is 552. The first kappa shape index (κ1) is 22.4. The standard InChI is InChI=1S/C14H27N7O2.HI/c1-10-19-20-11(21(10)6)9-18-12(15-5)16-7-8-17-13(22)23-14(2,3)4;/h7-9H2,1-6H3,(H,17,22)(H2,15,16,18);1H. The Balaban J connectivity index is 0.00000529. The summed E-state index contributed by atoms with van der Waals surface area (Å²) in [7, 11) is 3.59. The first-order valence-electron chi connectivity index (χ1n) is 7.49. The van der Waals surface area contributed by atoms with E-state index in [0.717, 1.165) is 11.6 Å². The van der Waals surface area contributed by atoms with Crippen molar-refractivity contribution in [2.45, 2.75) is 39.8 Å². The lowest BCUT2D eigenvalue weighted by molar-refractivity contribution is 0.0529. The molecule has 1 amide bonds. The second-order valence-electron chi connectivity index (χ2n) is 6.00. The van der Waals surface area contributed by atoms with Crippen LogP contribution >= 0.6 is 24.0 Å². The maximum absolute atomic E-state index is 11.5. The van der Waals surface area contributed by atoms with Crippen LogP contribution in [-0.4, -0.2) is 52.6 Å². The van der Waals surface area contributed by atoms with E-state index in [9.17, 15) is 4.79 Å². The minimum Gasteiger partial charge on any atom is -0.444 e. The Kier molecular flexibility index (Phi) is 9.63. The maximum atomic E-state index is 11.5. The molecule has 0 bridgehead atoms. The Hall–Kier alpha value is -1.59. The SMILES string of the molecule is CN=C(NCCNC(=O)OC(C)(C)C)NCc1nnc(C)n1C.I. The van der Waals surface area contributed by atoms with Crippen LogP contribution in [0.15, 0.2) is 4.99 Å². The van der Waals surface area contributed by atoms with Gasteiger partial charge in [-0.15, -0.1) is 34.2 Å². The van der Waals surface area contributed by atoms with Crippen LogP contribution in [0.2, 0.25) is 0 Å². The molecule has 0 aliphatic heterocycles. The summed E-state index contributed by atoms with van der Waals surface area (Å²) in [5.41, 5.74) is -0.497. The van der Waals surface area contributed by atoms with E-state index in [1.165, 1.54) is 0 Å². The van der Waals surface area contributed by atoms with Gasteiger partial charge in [0.25, 0.3) is 0 Å². The van der Waals surface area contributed by atoms with Gasteiger partial charge in [0, 0.05) is 27.2 Å². The van der Waals surface area contributed by atoms with Gasteiger partial charge in [-0.25, -0.2) is 4.79 Å². The van der Waals surface area contributed by atoms with Crippen molar-refractivity contribution in [1.82, 2.24) is 30.7 Å². The number of hydrogen-bond donors (Lipinski definition) is 3. The van der Waals surface area contributed by atoms with Crippen LogP contribution in [-0.2, 0) is 18.3 Å². The lowest BCUT2D eigenvalue weighted by atomic mass is 10.2. The van der Waals surface area contributed by atoms with E-state index in [1.807, 2.05) is 39.3 Å². The number of guanidine groups is 1. The molecule has 0 saturated heterocycles. The summed E-state index contributed by atoms with van der Waals surface area (Å²) < 4.78 is 7.06. The first-order chi connectivity index (χ1) is 10.7. The van der Waals surface area contributed by atoms with Crippen LogP contribution in [0.1, 0.15) is 32.4 Å². The van der Waals surface area contributed by atoms with E-state index >= 15 is 0 Å². The number of hydrogen-bond acceptors (Lipinski definition) is 5. The van der Waals surface area contributed by atoms with E-state index in [1.54, 1.807) is 7.05 Å². The number of nitrogens with one attached hydrogen (secondary N) is 3. The van der Waals surface area contributed by atoms with Crippen LogP contribution in [0.25, 0.3) is 0 Å². The Morgan fingerprint density at radius 3 is 2.33 bits per heavy atom. The number of aryl methyl sites for hydroxylation is 1. The van der Waals surface area contributed by atoms with Crippen molar-refractivity contribution >= 4 is 36.0 Å². The third-order valence-electron chi connectivity index (χ3n) is 2.91. The van der Waals surface area contributed by atoms with Crippen molar-refractivity contribution < 1.29 is 9.53 Å². The molecule has 0 atom stereocenters. The van der Waals surface area contributed by atoms with Crippen molar-refractivity contribution in [3.05, 3.63) is 11.6 Å². The van der Waals surface area contributed by atoms with Crippen molar-refractivity contribution in [3.8, 4) is 0 Å². The summed E-state index contributed by atoms with van der Waals surface area (Å²) in [4.78, 5) is 15.6. The molecular formula is C14H28IN7O2. The predicted octanol–water partition coefficient (Wildman–Crippen LogP) is 0.931. The third kappa shape index (κ3) is 8.31. The molecule has 1 aromatic rings. The van der Waals surface area contributed by atoms with Crippen LogP contribution in [0.3, 0.4) is 0 Å². The Morgan fingerprint density at radius 2 is 1.83 bits per heavy atom. The molecule has 24 heavy (non-hydrogen) atoms. The molecule has 0 unspecified atom stereocenters. The molecule has 0 saturated carbocycles. The fourth-order valence-corrected chi connectivity index (χ4v) is 1.65. The Labute approximate surface area is 160 Å². The molecule has 1 rings (SSSR count). The van der Waals surface area contributed by atoms with Crippen LogP contribution in [0.5, 0.6) is 0 Å². The fraction of sp³-hybridized carbons (Fsp3) is 0.714. The van der Waals surface area contributed by atoms with Gasteiger partial charge in [0.1, 0.15) is 11.4 Å². The van der Waals surface area contributed by atoms with Gasteiger partial charge in [-0.1, -0.05) is 0 Å². The minimum absolute atomic E-state index is 0. The van der Waals surface area contributed by atoms with E-state index in [2.05, 4.69) is 31.1 Å². The van der Waals surface area contributed by atoms with E-state index in [4.69, 9.17) is 4.74 Å². The normalized spacial score (nSPS) is 11.5. The molecule has 3 N–H and O–H groups in total. The predicted molar refractivity (Wildman–Crippen MR) is 104 cm³/mol. The summed E-state index contributed by atoms with van der Waals surface area (Å²) in [6.07, 6.45) is -0.434. The molecule has 0 radical (unpaired) electrons. The van der Waals surface area contributed by atoms with E-state index in [0.29, 0.717) is 25.6 Å². The zero-order valence-corrected chi connectivity index (χ0v) is 17.5. The molecule has 1 heterocycles. The molecule has 9 nitrogen and oxygen atoms in total. The zero-order valence-electron chi connectivity index (χ0n) is 15.1. The number of ether oxygens (including phenoxy) is 1. The second kappa shape index (κ2) is 10.3. The van der Waals surface area contributed by atoms with Gasteiger partial charge in [-0.3, -0.25) is 4.99 Å². The summed E-state index contributed by atoms with van der Waals surface area (Å²) in [5, 5.41) is 17.0. The first-order valence-corrected chi connectivity index (χ1v) is 7.49. The third-order valence-corrected chi connectivity index (χ3v) is 2.91. The number of nitrogens with zero attached hydrogens (tertiary/aromatic N) is 4. The monoisotopic (exact) mass is 453 g/mol. The van der Waals surface area contributed by atoms with Crippen LogP contribution < -0.4 is 16.0 Å². The average Bonchev–Trinajstić information content (AvgIpc) is 2.76. The summed E-state index contributed by atoms with van der Waals surface area (Å²) >= 11 is 0. The number of carbonyl (C=O) groups excluding carboxylic acids is 1. The molecule has 0 fully saturated rings. The molecule has 138 valence electrons. The maximum Gasteiger partial charge on any atom is 0.407 e. The van der Waals surface area contributed by atoms with Crippen LogP contribution in [0.4, 0.5) is 4.79 Å². The van der Waals surface area contributed by atoms with E-state index < -0.39 is 11.7 Å². The van der Waals surface area contributed by atoms with Crippen molar-refractivity contribution in [3.63, 3.8) is 0 Å². The molecule has 0 aliphatic carbocycles. The Morgan fingerprint density at radius 1 is 1.21 bits per heavy atom. The number of amides is 1. The largest absolute Gasteiger partial charge is 0.444 e. The van der Waals surface area contributed by atoms with Crippen LogP contribution in [0, 0.1) is 6.92 Å². The average molecular weight is 453 g/mol. The highest BCUT2D eigenvalue weighted by molar-refractivity contribution is 14.0. The molecule has 0 spiro atoms. The van der Waals surface area contributed by atoms with Gasteiger partial charge in [0.2, 0.25) is 0 Å². The number of aliphatic imine (C=N–C) groups is 1. The lowest BCUT2D eigenvalue weighted by Gasteiger charge is -2.19. The fourth-order valence-electron chi connectivity index (χ4n) is 1.65.